The van der Waals surface area contributed by atoms with Crippen LogP contribution in [-0.2, 0) is 0 Å². The second-order valence-electron chi connectivity index (χ2n) is 15.2. The third-order valence-corrected chi connectivity index (χ3v) is 14.3. The molecule has 0 unspecified atom stereocenters. The second-order valence-corrected chi connectivity index (χ2v) is 17.3. The summed E-state index contributed by atoms with van der Waals surface area (Å²) in [5.41, 5.74) is 10.8. The molecule has 10 aromatic carbocycles. The number of hydrogen-bond acceptors (Lipinski definition) is 3. The molecule has 0 bridgehead atoms. The smallest absolute Gasteiger partial charge is 0.0462 e. The highest BCUT2D eigenvalue weighted by atomic mass is 32.1. The fourth-order valence-electron chi connectivity index (χ4n) is 9.08. The Hall–Kier alpha value is -7.04. The van der Waals surface area contributed by atoms with Gasteiger partial charge in [-0.2, -0.15) is 0 Å². The van der Waals surface area contributed by atoms with Gasteiger partial charge in [0.05, 0.1) is 0 Å². The highest BCUT2D eigenvalue weighted by Gasteiger charge is 2.17. The number of hydrogen-bond donors (Lipinski definition) is 0. The molecule has 0 amide bonds. The Balaban J connectivity index is 0.976. The summed E-state index contributed by atoms with van der Waals surface area (Å²) >= 11 is 3.76. The Kier molecular flexibility index (Phi) is 7.97. The molecule has 2 aromatic heterocycles. The number of thiophene rings is 2. The van der Waals surface area contributed by atoms with Crippen molar-refractivity contribution < 1.29 is 0 Å². The molecule has 59 heavy (non-hydrogen) atoms. The van der Waals surface area contributed by atoms with Crippen molar-refractivity contribution in [2.24, 2.45) is 0 Å². The normalized spacial score (nSPS) is 11.7. The largest absolute Gasteiger partial charge is 0.311 e. The van der Waals surface area contributed by atoms with E-state index in [0.717, 1.165) is 17.1 Å². The first kappa shape index (κ1) is 34.0. The number of fused-ring (bicyclic) bond motifs is 8. The van der Waals surface area contributed by atoms with Gasteiger partial charge in [-0.05, 0) is 110 Å². The molecule has 0 aliphatic carbocycles. The lowest BCUT2D eigenvalue weighted by molar-refractivity contribution is 1.28. The third-order valence-electron chi connectivity index (χ3n) is 11.9. The Morgan fingerprint density at radius 1 is 0.288 bits per heavy atom. The molecule has 0 radical (unpaired) electrons. The first-order chi connectivity index (χ1) is 29.2. The SMILES string of the molecule is c1ccc2c(-c3ccc(N(c4ccc(-c5cccc6c5sc5ccccc56)cc4)c4ccc(-c5cccc6c5sc5ccccc56)cc4)cc3)c3ccccc3cc2c1. The van der Waals surface area contributed by atoms with Crippen LogP contribution in [-0.4, -0.2) is 0 Å². The Labute approximate surface area is 350 Å². The molecule has 2 heterocycles. The van der Waals surface area contributed by atoms with Crippen LogP contribution in [0.5, 0.6) is 0 Å². The van der Waals surface area contributed by atoms with Gasteiger partial charge < -0.3 is 4.90 Å². The predicted molar refractivity (Wildman–Crippen MR) is 258 cm³/mol. The zero-order valence-electron chi connectivity index (χ0n) is 32.0. The molecule has 0 aliphatic rings. The summed E-state index contributed by atoms with van der Waals surface area (Å²) in [5, 5.41) is 10.3. The molecule has 3 heteroatoms. The van der Waals surface area contributed by atoms with E-state index in [1.54, 1.807) is 0 Å². The average Bonchev–Trinajstić information content (AvgIpc) is 3.88. The lowest BCUT2D eigenvalue weighted by Gasteiger charge is -2.26. The van der Waals surface area contributed by atoms with Gasteiger partial charge in [0.25, 0.3) is 0 Å². The van der Waals surface area contributed by atoms with Crippen LogP contribution < -0.4 is 4.90 Å². The standard InChI is InChI=1S/C56H35NS2/c1-3-13-44-39(11-1)35-40-12-2-4-14-45(40)54(44)38-27-33-43(34-28-38)57(41-29-23-36(24-30-41)46-17-9-19-50-48-15-5-7-21-52(48)58-55(46)50)42-31-25-37(26-32-42)47-18-10-20-51-49-16-6-8-22-53(49)59-56(47)51/h1-35H. The van der Waals surface area contributed by atoms with Gasteiger partial charge in [-0.1, -0.05) is 158 Å². The van der Waals surface area contributed by atoms with Crippen LogP contribution in [0.15, 0.2) is 212 Å². The maximum Gasteiger partial charge on any atom is 0.0462 e. The highest BCUT2D eigenvalue weighted by Crippen LogP contribution is 2.44. The zero-order chi connectivity index (χ0) is 38.9. The molecule has 0 fully saturated rings. The van der Waals surface area contributed by atoms with Gasteiger partial charge in [-0.3, -0.25) is 0 Å². The summed E-state index contributed by atoms with van der Waals surface area (Å²) in [6.45, 7) is 0. The summed E-state index contributed by atoms with van der Waals surface area (Å²) < 4.78 is 5.31. The molecule has 0 aliphatic heterocycles. The lowest BCUT2D eigenvalue weighted by atomic mass is 9.92. The summed E-state index contributed by atoms with van der Waals surface area (Å²) in [6.07, 6.45) is 0. The maximum atomic E-state index is 2.39. The first-order valence-corrected chi connectivity index (χ1v) is 21.7. The second kappa shape index (κ2) is 13.8. The summed E-state index contributed by atoms with van der Waals surface area (Å²) in [7, 11) is 0. The lowest BCUT2D eigenvalue weighted by Crippen LogP contribution is -2.09. The number of nitrogens with zero attached hydrogens (tertiary/aromatic N) is 1. The van der Waals surface area contributed by atoms with Gasteiger partial charge in [-0.15, -0.1) is 22.7 Å². The van der Waals surface area contributed by atoms with Crippen LogP contribution in [0.2, 0.25) is 0 Å². The molecular weight excluding hydrogens is 751 g/mol. The van der Waals surface area contributed by atoms with Crippen LogP contribution in [0.3, 0.4) is 0 Å². The molecule has 0 saturated carbocycles. The summed E-state index contributed by atoms with van der Waals surface area (Å²) in [6, 6.07) is 78.1. The van der Waals surface area contributed by atoms with Crippen LogP contribution in [0.1, 0.15) is 0 Å². The van der Waals surface area contributed by atoms with Crippen LogP contribution in [0.25, 0.3) is 95.3 Å². The van der Waals surface area contributed by atoms with E-state index < -0.39 is 0 Å². The highest BCUT2D eigenvalue weighted by molar-refractivity contribution is 7.26. The monoisotopic (exact) mass is 785 g/mol. The van der Waals surface area contributed by atoms with Crippen molar-refractivity contribution in [2.75, 3.05) is 4.90 Å². The van der Waals surface area contributed by atoms with Gasteiger partial charge in [0, 0.05) is 57.4 Å². The van der Waals surface area contributed by atoms with Gasteiger partial charge in [0.15, 0.2) is 0 Å². The molecule has 12 aromatic rings. The van der Waals surface area contributed by atoms with E-state index in [-0.39, 0.29) is 0 Å². The van der Waals surface area contributed by atoms with Crippen molar-refractivity contribution in [1.82, 2.24) is 0 Å². The first-order valence-electron chi connectivity index (χ1n) is 20.1. The van der Waals surface area contributed by atoms with E-state index in [0.29, 0.717) is 0 Å². The van der Waals surface area contributed by atoms with Crippen molar-refractivity contribution in [3.05, 3.63) is 212 Å². The van der Waals surface area contributed by atoms with E-state index in [9.17, 15) is 0 Å². The molecule has 12 rings (SSSR count). The van der Waals surface area contributed by atoms with Crippen LogP contribution in [0, 0.1) is 0 Å². The van der Waals surface area contributed by atoms with E-state index >= 15 is 0 Å². The van der Waals surface area contributed by atoms with Gasteiger partial charge in [-0.25, -0.2) is 0 Å². The summed E-state index contributed by atoms with van der Waals surface area (Å²) in [5.74, 6) is 0. The molecule has 276 valence electrons. The Bertz CT molecular complexity index is 3330. The quantitative estimate of drug-likeness (QED) is 0.152. The van der Waals surface area contributed by atoms with Crippen molar-refractivity contribution >= 4 is 102 Å². The van der Waals surface area contributed by atoms with Gasteiger partial charge in [0.1, 0.15) is 0 Å². The molecule has 0 N–H and O–H groups in total. The molecule has 1 nitrogen and oxygen atoms in total. The minimum absolute atomic E-state index is 1.11. The maximum absolute atomic E-state index is 2.39. The van der Waals surface area contributed by atoms with E-state index in [4.69, 9.17) is 0 Å². The molecule has 0 spiro atoms. The van der Waals surface area contributed by atoms with Crippen molar-refractivity contribution in [3.8, 4) is 33.4 Å². The molecular formula is C56H35NS2. The van der Waals surface area contributed by atoms with Crippen LogP contribution >= 0.6 is 22.7 Å². The third kappa shape index (κ3) is 5.66. The topological polar surface area (TPSA) is 3.24 Å². The van der Waals surface area contributed by atoms with Gasteiger partial charge in [0.2, 0.25) is 0 Å². The van der Waals surface area contributed by atoms with E-state index in [1.807, 2.05) is 22.7 Å². The Morgan fingerprint density at radius 3 is 1.12 bits per heavy atom. The minimum atomic E-state index is 1.11. The fourth-order valence-corrected chi connectivity index (χ4v) is 11.6. The fraction of sp³-hybridized carbons (Fsp3) is 0. The average molecular weight is 786 g/mol. The Morgan fingerprint density at radius 2 is 0.661 bits per heavy atom. The van der Waals surface area contributed by atoms with Crippen molar-refractivity contribution in [1.29, 1.82) is 0 Å². The number of benzene rings is 10. The molecule has 0 saturated heterocycles. The van der Waals surface area contributed by atoms with Crippen LogP contribution in [0.4, 0.5) is 17.1 Å². The van der Waals surface area contributed by atoms with Crippen molar-refractivity contribution in [2.45, 2.75) is 0 Å². The minimum Gasteiger partial charge on any atom is -0.311 e. The van der Waals surface area contributed by atoms with E-state index in [2.05, 4.69) is 217 Å². The zero-order valence-corrected chi connectivity index (χ0v) is 33.6. The van der Waals surface area contributed by atoms with Gasteiger partial charge >= 0.3 is 0 Å². The number of anilines is 3. The van der Waals surface area contributed by atoms with E-state index in [1.165, 1.54) is 95.3 Å². The predicted octanol–water partition coefficient (Wildman–Crippen LogP) is 17.2. The number of rotatable bonds is 6. The van der Waals surface area contributed by atoms with Crippen molar-refractivity contribution in [3.63, 3.8) is 0 Å². The molecule has 0 atom stereocenters. The summed E-state index contributed by atoms with van der Waals surface area (Å²) in [4.78, 5) is 2.39.